The van der Waals surface area contributed by atoms with E-state index in [1.54, 1.807) is 23.1 Å². The molecule has 0 radical (unpaired) electrons. The number of carbonyl (C=O) groups excluding carboxylic acids is 4. The van der Waals surface area contributed by atoms with Crippen molar-refractivity contribution < 1.29 is 23.9 Å². The highest BCUT2D eigenvalue weighted by molar-refractivity contribution is 6.10. The van der Waals surface area contributed by atoms with Crippen molar-refractivity contribution in [1.82, 2.24) is 10.2 Å². The minimum atomic E-state index is -0.848. The molecule has 1 aromatic rings. The highest BCUT2D eigenvalue weighted by Crippen LogP contribution is 2.35. The van der Waals surface area contributed by atoms with Gasteiger partial charge in [0.15, 0.2) is 0 Å². The van der Waals surface area contributed by atoms with E-state index in [1.165, 1.54) is 7.11 Å². The number of nitrogens with zero attached hydrogens (tertiary/aromatic N) is 2. The number of benzene rings is 1. The molecule has 1 aromatic carbocycles. The van der Waals surface area contributed by atoms with E-state index in [0.29, 0.717) is 42.9 Å². The Morgan fingerprint density at radius 1 is 1.17 bits per heavy atom. The number of anilines is 2. The van der Waals surface area contributed by atoms with Gasteiger partial charge in [-0.2, -0.15) is 0 Å². The van der Waals surface area contributed by atoms with E-state index < -0.39 is 17.5 Å². The van der Waals surface area contributed by atoms with Gasteiger partial charge < -0.3 is 20.3 Å². The van der Waals surface area contributed by atoms with E-state index in [1.807, 2.05) is 0 Å². The van der Waals surface area contributed by atoms with Crippen molar-refractivity contribution in [3.8, 4) is 5.75 Å². The number of carbonyl (C=O) groups is 4. The van der Waals surface area contributed by atoms with Gasteiger partial charge >= 0.3 is 6.03 Å². The van der Waals surface area contributed by atoms with Crippen molar-refractivity contribution in [2.45, 2.75) is 50.5 Å². The molecule has 9 heteroatoms. The maximum absolute atomic E-state index is 12.8. The van der Waals surface area contributed by atoms with E-state index in [0.717, 1.165) is 30.6 Å². The first-order chi connectivity index (χ1) is 14.4. The molecule has 0 unspecified atom stereocenters. The first kappa shape index (κ1) is 20.2. The molecule has 160 valence electrons. The summed E-state index contributed by atoms with van der Waals surface area (Å²) in [7, 11) is 1.52. The molecule has 4 rings (SSSR count). The molecule has 2 saturated heterocycles. The highest BCUT2D eigenvalue weighted by atomic mass is 16.5. The summed E-state index contributed by atoms with van der Waals surface area (Å²) in [5.41, 5.74) is 0.211. The second-order valence-corrected chi connectivity index (χ2v) is 8.05. The summed E-state index contributed by atoms with van der Waals surface area (Å²) in [4.78, 5) is 52.5. The molecular formula is C21H26N4O5. The van der Waals surface area contributed by atoms with Crippen molar-refractivity contribution in [3.63, 3.8) is 0 Å². The highest BCUT2D eigenvalue weighted by Gasteiger charge is 2.51. The molecule has 0 bridgehead atoms. The molecule has 30 heavy (non-hydrogen) atoms. The number of imide groups is 1. The average Bonchev–Trinajstić information content (AvgIpc) is 3.25. The van der Waals surface area contributed by atoms with Crippen LogP contribution < -0.4 is 20.3 Å². The van der Waals surface area contributed by atoms with Gasteiger partial charge in [0.2, 0.25) is 11.8 Å². The standard InChI is InChI=1S/C21H26N4O5/c1-30-16-8-7-14(12-15(16)24-11-5-6-18(24)27)22-17(26)13-25-19(28)21(23-20(25)29)9-3-2-4-10-21/h7-8,12H,2-6,9-11,13H2,1H3,(H,22,26)(H,23,29). The summed E-state index contributed by atoms with van der Waals surface area (Å²) >= 11 is 0. The Bertz CT molecular complexity index is 893. The van der Waals surface area contributed by atoms with Crippen LogP contribution in [0.15, 0.2) is 18.2 Å². The normalized spacial score (nSPS) is 20.6. The second kappa shape index (κ2) is 7.97. The van der Waals surface area contributed by atoms with Crippen LogP contribution in [0.2, 0.25) is 0 Å². The molecule has 1 saturated carbocycles. The van der Waals surface area contributed by atoms with E-state index in [4.69, 9.17) is 4.74 Å². The predicted molar refractivity (Wildman–Crippen MR) is 109 cm³/mol. The SMILES string of the molecule is COc1ccc(NC(=O)CN2C(=O)NC3(CCCCC3)C2=O)cc1N1CCCC1=O. The van der Waals surface area contributed by atoms with Crippen LogP contribution in [0.1, 0.15) is 44.9 Å². The number of ether oxygens (including phenoxy) is 1. The summed E-state index contributed by atoms with van der Waals surface area (Å²) < 4.78 is 5.35. The van der Waals surface area contributed by atoms with Crippen molar-refractivity contribution in [2.24, 2.45) is 0 Å². The Morgan fingerprint density at radius 2 is 1.93 bits per heavy atom. The summed E-state index contributed by atoms with van der Waals surface area (Å²) in [6.45, 7) is 0.244. The number of rotatable bonds is 5. The van der Waals surface area contributed by atoms with Crippen molar-refractivity contribution in [2.75, 3.05) is 30.4 Å². The second-order valence-electron chi connectivity index (χ2n) is 8.05. The Hall–Kier alpha value is -3.10. The van der Waals surface area contributed by atoms with E-state index >= 15 is 0 Å². The third-order valence-corrected chi connectivity index (χ3v) is 6.08. The van der Waals surface area contributed by atoms with Crippen LogP contribution in [-0.4, -0.2) is 54.4 Å². The van der Waals surface area contributed by atoms with Crippen molar-refractivity contribution >= 4 is 35.1 Å². The van der Waals surface area contributed by atoms with Crippen LogP contribution in [0.25, 0.3) is 0 Å². The molecular weight excluding hydrogens is 388 g/mol. The quantitative estimate of drug-likeness (QED) is 0.717. The van der Waals surface area contributed by atoms with Crippen LogP contribution in [0.5, 0.6) is 5.75 Å². The fourth-order valence-electron chi connectivity index (χ4n) is 4.54. The number of urea groups is 1. The van der Waals surface area contributed by atoms with Gasteiger partial charge in [-0.15, -0.1) is 0 Å². The van der Waals surface area contributed by atoms with Crippen LogP contribution in [0.4, 0.5) is 16.2 Å². The van der Waals surface area contributed by atoms with Gasteiger partial charge in [-0.1, -0.05) is 19.3 Å². The number of hydrogen-bond donors (Lipinski definition) is 2. The topological polar surface area (TPSA) is 108 Å². The number of nitrogens with one attached hydrogen (secondary N) is 2. The van der Waals surface area contributed by atoms with Gasteiger partial charge in [-0.05, 0) is 37.5 Å². The summed E-state index contributed by atoms with van der Waals surface area (Å²) in [5, 5.41) is 5.53. The number of methoxy groups -OCH3 is 1. The van der Waals surface area contributed by atoms with Crippen LogP contribution in [0, 0.1) is 0 Å². The lowest BCUT2D eigenvalue weighted by Crippen LogP contribution is -2.48. The molecule has 1 spiro atoms. The first-order valence-electron chi connectivity index (χ1n) is 10.4. The lowest BCUT2D eigenvalue weighted by molar-refractivity contribution is -0.134. The van der Waals surface area contributed by atoms with Gasteiger partial charge in [-0.3, -0.25) is 19.3 Å². The Morgan fingerprint density at radius 3 is 2.60 bits per heavy atom. The van der Waals surface area contributed by atoms with E-state index in [9.17, 15) is 19.2 Å². The van der Waals surface area contributed by atoms with Crippen LogP contribution >= 0.6 is 0 Å². The van der Waals surface area contributed by atoms with Gasteiger partial charge in [0, 0.05) is 18.7 Å². The first-order valence-corrected chi connectivity index (χ1v) is 10.4. The zero-order chi connectivity index (χ0) is 21.3. The smallest absolute Gasteiger partial charge is 0.325 e. The van der Waals surface area contributed by atoms with Gasteiger partial charge in [-0.25, -0.2) is 4.79 Å². The average molecular weight is 414 g/mol. The molecule has 2 aliphatic heterocycles. The maximum Gasteiger partial charge on any atom is 0.325 e. The van der Waals surface area contributed by atoms with E-state index in [2.05, 4.69) is 10.6 Å². The minimum Gasteiger partial charge on any atom is -0.495 e. The number of hydrogen-bond acceptors (Lipinski definition) is 5. The van der Waals surface area contributed by atoms with Gasteiger partial charge in [0.05, 0.1) is 12.8 Å². The monoisotopic (exact) mass is 414 g/mol. The Kier molecular flexibility index (Phi) is 5.36. The summed E-state index contributed by atoms with van der Waals surface area (Å²) in [6.07, 6.45) is 5.29. The molecule has 2 heterocycles. The van der Waals surface area contributed by atoms with Crippen LogP contribution in [-0.2, 0) is 14.4 Å². The van der Waals surface area contributed by atoms with E-state index in [-0.39, 0.29) is 18.4 Å². The maximum atomic E-state index is 12.8. The van der Waals surface area contributed by atoms with Gasteiger partial charge in [0.1, 0.15) is 17.8 Å². The Balaban J connectivity index is 1.46. The fourth-order valence-corrected chi connectivity index (χ4v) is 4.54. The fraction of sp³-hybridized carbons (Fsp3) is 0.524. The third-order valence-electron chi connectivity index (χ3n) is 6.08. The van der Waals surface area contributed by atoms with Gasteiger partial charge in [0.25, 0.3) is 5.91 Å². The zero-order valence-electron chi connectivity index (χ0n) is 17.0. The summed E-state index contributed by atoms with van der Waals surface area (Å²) in [5.74, 6) is -0.249. The van der Waals surface area contributed by atoms with Crippen LogP contribution in [0.3, 0.4) is 0 Å². The molecule has 5 amide bonds. The molecule has 3 fully saturated rings. The lowest BCUT2D eigenvalue weighted by Gasteiger charge is -2.30. The number of amides is 5. The Labute approximate surface area is 174 Å². The zero-order valence-corrected chi connectivity index (χ0v) is 17.0. The van der Waals surface area contributed by atoms with Crippen molar-refractivity contribution in [3.05, 3.63) is 18.2 Å². The third kappa shape index (κ3) is 3.59. The molecule has 2 N–H and O–H groups in total. The largest absolute Gasteiger partial charge is 0.495 e. The van der Waals surface area contributed by atoms with Crippen molar-refractivity contribution in [1.29, 1.82) is 0 Å². The molecule has 3 aliphatic rings. The predicted octanol–water partition coefficient (Wildman–Crippen LogP) is 2.02. The lowest BCUT2D eigenvalue weighted by atomic mass is 9.82. The molecule has 0 atom stereocenters. The summed E-state index contributed by atoms with van der Waals surface area (Å²) in [6, 6.07) is 4.50. The molecule has 9 nitrogen and oxygen atoms in total. The minimum absolute atomic E-state index is 0.00823. The molecule has 1 aliphatic carbocycles. The molecule has 0 aromatic heterocycles.